The highest BCUT2D eigenvalue weighted by molar-refractivity contribution is 5.66. The molecular formula is C17H26N4O. The molecule has 1 aromatic rings. The second kappa shape index (κ2) is 5.63. The lowest BCUT2D eigenvalue weighted by Crippen LogP contribution is -2.60. The van der Waals surface area contributed by atoms with E-state index in [1.165, 1.54) is 31.6 Å². The van der Waals surface area contributed by atoms with E-state index in [0.29, 0.717) is 6.04 Å². The fourth-order valence-electron chi connectivity index (χ4n) is 4.10. The Labute approximate surface area is 132 Å². The van der Waals surface area contributed by atoms with Crippen molar-refractivity contribution in [3.63, 3.8) is 0 Å². The molecule has 0 saturated carbocycles. The van der Waals surface area contributed by atoms with E-state index in [-0.39, 0.29) is 0 Å². The number of benzene rings is 1. The summed E-state index contributed by atoms with van der Waals surface area (Å²) in [6.07, 6.45) is 2.61. The number of likely N-dealkylation sites (tertiary alicyclic amines) is 1. The second-order valence-corrected chi connectivity index (χ2v) is 6.91. The first-order valence-corrected chi connectivity index (χ1v) is 8.42. The summed E-state index contributed by atoms with van der Waals surface area (Å²) in [5, 5.41) is 0. The number of rotatable bonds is 1. The van der Waals surface area contributed by atoms with E-state index in [1.807, 2.05) is 12.1 Å². The summed E-state index contributed by atoms with van der Waals surface area (Å²) in [5.74, 6) is 0.948. The summed E-state index contributed by atoms with van der Waals surface area (Å²) in [6.45, 7) is 6.62. The third-order valence-electron chi connectivity index (χ3n) is 5.44. The molecule has 2 saturated heterocycles. The van der Waals surface area contributed by atoms with Crippen molar-refractivity contribution in [2.75, 3.05) is 57.0 Å². The van der Waals surface area contributed by atoms with Gasteiger partial charge in [-0.25, -0.2) is 0 Å². The van der Waals surface area contributed by atoms with Crippen molar-refractivity contribution in [1.82, 2.24) is 9.80 Å². The number of fused-ring (bicyclic) bond motifs is 3. The first-order chi connectivity index (χ1) is 10.7. The summed E-state index contributed by atoms with van der Waals surface area (Å²) in [4.78, 5) is 7.65. The summed E-state index contributed by atoms with van der Waals surface area (Å²) in [7, 11) is 2.23. The Balaban J connectivity index is 1.46. The van der Waals surface area contributed by atoms with Gasteiger partial charge in [0.15, 0.2) is 0 Å². The van der Waals surface area contributed by atoms with Crippen molar-refractivity contribution in [2.45, 2.75) is 24.9 Å². The van der Waals surface area contributed by atoms with Gasteiger partial charge in [0.1, 0.15) is 12.4 Å². The zero-order valence-electron chi connectivity index (χ0n) is 13.4. The van der Waals surface area contributed by atoms with E-state index >= 15 is 0 Å². The number of anilines is 2. The van der Waals surface area contributed by atoms with Crippen LogP contribution in [0.2, 0.25) is 0 Å². The Hall–Kier alpha value is -1.46. The molecule has 0 bridgehead atoms. The van der Waals surface area contributed by atoms with E-state index in [4.69, 9.17) is 10.5 Å². The third kappa shape index (κ3) is 2.52. The standard InChI is InChI=1S/C17H26N4O/c1-19-6-4-14(5-7-19)20-8-9-21-15(11-20)12-22-17-10-13(18)2-3-16(17)21/h2-3,10,14-15H,4-9,11-12,18H2,1H3/t15-/m1/s1. The van der Waals surface area contributed by atoms with Crippen molar-refractivity contribution in [1.29, 1.82) is 0 Å². The summed E-state index contributed by atoms with van der Waals surface area (Å²) in [6, 6.07) is 7.28. The van der Waals surface area contributed by atoms with Crippen LogP contribution in [0, 0.1) is 0 Å². The highest BCUT2D eigenvalue weighted by Gasteiger charge is 2.35. The quantitative estimate of drug-likeness (QED) is 0.791. The van der Waals surface area contributed by atoms with Gasteiger partial charge in [-0.05, 0) is 45.1 Å². The molecule has 0 amide bonds. The highest BCUT2D eigenvalue weighted by atomic mass is 16.5. The number of hydrogen-bond acceptors (Lipinski definition) is 5. The number of piperidine rings is 1. The summed E-state index contributed by atoms with van der Waals surface area (Å²) < 4.78 is 5.97. The Morgan fingerprint density at radius 3 is 2.73 bits per heavy atom. The number of nitrogen functional groups attached to an aromatic ring is 1. The number of piperazine rings is 1. The second-order valence-electron chi connectivity index (χ2n) is 6.91. The minimum absolute atomic E-state index is 0.476. The lowest BCUT2D eigenvalue weighted by molar-refractivity contribution is 0.0868. The van der Waals surface area contributed by atoms with Gasteiger partial charge in [-0.2, -0.15) is 0 Å². The fourth-order valence-corrected chi connectivity index (χ4v) is 4.10. The molecule has 2 N–H and O–H groups in total. The molecule has 5 heteroatoms. The van der Waals surface area contributed by atoms with Crippen LogP contribution in [-0.4, -0.2) is 68.3 Å². The van der Waals surface area contributed by atoms with Crippen LogP contribution in [0.4, 0.5) is 11.4 Å². The van der Waals surface area contributed by atoms with E-state index in [0.717, 1.165) is 43.7 Å². The van der Waals surface area contributed by atoms with Crippen LogP contribution in [0.15, 0.2) is 18.2 Å². The zero-order chi connectivity index (χ0) is 15.1. The number of hydrogen-bond donors (Lipinski definition) is 1. The predicted molar refractivity (Wildman–Crippen MR) is 89.6 cm³/mol. The van der Waals surface area contributed by atoms with Crippen LogP contribution in [0.3, 0.4) is 0 Å². The van der Waals surface area contributed by atoms with Gasteiger partial charge in [-0.3, -0.25) is 4.90 Å². The number of ether oxygens (including phenoxy) is 1. The van der Waals surface area contributed by atoms with Crippen LogP contribution in [0.1, 0.15) is 12.8 Å². The maximum Gasteiger partial charge on any atom is 0.144 e. The van der Waals surface area contributed by atoms with E-state index in [9.17, 15) is 0 Å². The lowest BCUT2D eigenvalue weighted by Gasteiger charge is -2.48. The monoisotopic (exact) mass is 302 g/mol. The maximum absolute atomic E-state index is 5.97. The third-order valence-corrected chi connectivity index (χ3v) is 5.44. The fraction of sp³-hybridized carbons (Fsp3) is 0.647. The molecule has 3 heterocycles. The average molecular weight is 302 g/mol. The van der Waals surface area contributed by atoms with Crippen LogP contribution in [-0.2, 0) is 0 Å². The molecule has 5 nitrogen and oxygen atoms in total. The molecule has 120 valence electrons. The molecular weight excluding hydrogens is 276 g/mol. The molecule has 0 aliphatic carbocycles. The van der Waals surface area contributed by atoms with Crippen molar-refractivity contribution in [3.8, 4) is 5.75 Å². The first kappa shape index (κ1) is 14.2. The van der Waals surface area contributed by atoms with Crippen molar-refractivity contribution in [2.24, 2.45) is 0 Å². The molecule has 2 fully saturated rings. The molecule has 22 heavy (non-hydrogen) atoms. The Kier molecular flexibility index (Phi) is 3.62. The van der Waals surface area contributed by atoms with Gasteiger partial charge < -0.3 is 20.3 Å². The van der Waals surface area contributed by atoms with E-state index < -0.39 is 0 Å². The predicted octanol–water partition coefficient (Wildman–Crippen LogP) is 1.25. The Morgan fingerprint density at radius 2 is 1.91 bits per heavy atom. The largest absolute Gasteiger partial charge is 0.489 e. The van der Waals surface area contributed by atoms with Gasteiger partial charge in [0.25, 0.3) is 0 Å². The minimum atomic E-state index is 0.476. The van der Waals surface area contributed by atoms with Crippen LogP contribution in [0.25, 0.3) is 0 Å². The molecule has 4 rings (SSSR count). The van der Waals surface area contributed by atoms with Crippen LogP contribution in [0.5, 0.6) is 5.75 Å². The summed E-state index contributed by atoms with van der Waals surface area (Å²) in [5.41, 5.74) is 7.87. The van der Waals surface area contributed by atoms with Crippen LogP contribution >= 0.6 is 0 Å². The zero-order valence-corrected chi connectivity index (χ0v) is 13.4. The topological polar surface area (TPSA) is 45.0 Å². The van der Waals surface area contributed by atoms with Crippen molar-refractivity contribution < 1.29 is 4.74 Å². The molecule has 3 aliphatic rings. The molecule has 0 radical (unpaired) electrons. The first-order valence-electron chi connectivity index (χ1n) is 8.42. The van der Waals surface area contributed by atoms with Crippen LogP contribution < -0.4 is 15.4 Å². The number of nitrogens with two attached hydrogens (primary N) is 1. The van der Waals surface area contributed by atoms with Gasteiger partial charge in [-0.15, -0.1) is 0 Å². The molecule has 1 aromatic carbocycles. The smallest absolute Gasteiger partial charge is 0.144 e. The molecule has 0 unspecified atom stereocenters. The normalized spacial score (nSPS) is 27.1. The van der Waals surface area contributed by atoms with Gasteiger partial charge in [0.05, 0.1) is 11.7 Å². The van der Waals surface area contributed by atoms with Gasteiger partial charge in [0.2, 0.25) is 0 Å². The SMILES string of the molecule is CN1CCC(N2CCN3c4ccc(N)cc4OC[C@H]3C2)CC1. The average Bonchev–Trinajstić information content (AvgIpc) is 2.54. The number of nitrogens with zero attached hydrogens (tertiary/aromatic N) is 3. The Morgan fingerprint density at radius 1 is 1.09 bits per heavy atom. The van der Waals surface area contributed by atoms with Gasteiger partial charge in [-0.1, -0.05) is 0 Å². The van der Waals surface area contributed by atoms with Gasteiger partial charge >= 0.3 is 0 Å². The highest BCUT2D eigenvalue weighted by Crippen LogP contribution is 2.37. The molecule has 0 spiro atoms. The summed E-state index contributed by atoms with van der Waals surface area (Å²) >= 11 is 0. The molecule has 0 aromatic heterocycles. The Bertz CT molecular complexity index is 541. The van der Waals surface area contributed by atoms with Crippen molar-refractivity contribution in [3.05, 3.63) is 18.2 Å². The molecule has 1 atom stereocenters. The van der Waals surface area contributed by atoms with E-state index in [2.05, 4.69) is 27.8 Å². The van der Waals surface area contributed by atoms with E-state index in [1.54, 1.807) is 0 Å². The maximum atomic E-state index is 5.97. The minimum Gasteiger partial charge on any atom is -0.489 e. The molecule has 3 aliphatic heterocycles. The van der Waals surface area contributed by atoms with Crippen molar-refractivity contribution >= 4 is 11.4 Å². The lowest BCUT2D eigenvalue weighted by atomic mass is 10.00. The van der Waals surface area contributed by atoms with Gasteiger partial charge in [0, 0.05) is 37.4 Å².